The van der Waals surface area contributed by atoms with Crippen LogP contribution in [0.4, 0.5) is 5.69 Å². The summed E-state index contributed by atoms with van der Waals surface area (Å²) in [5.41, 5.74) is 2.39. The zero-order chi connectivity index (χ0) is 19.5. The smallest absolute Gasteiger partial charge is 0.291 e. The van der Waals surface area contributed by atoms with Crippen LogP contribution in [-0.2, 0) is 6.61 Å². The maximum absolute atomic E-state index is 12.5. The summed E-state index contributed by atoms with van der Waals surface area (Å²) in [6.45, 7) is -0.139. The average Bonchev–Trinajstić information content (AvgIpc) is 3.39. The number of carbonyl (C=O) groups is 1. The summed E-state index contributed by atoms with van der Waals surface area (Å²) >= 11 is 3.40. The van der Waals surface area contributed by atoms with Gasteiger partial charge < -0.3 is 19.3 Å². The third-order valence-corrected chi connectivity index (χ3v) is 4.73. The highest BCUT2D eigenvalue weighted by Gasteiger charge is 2.13. The number of aliphatic hydroxyl groups is 1. The van der Waals surface area contributed by atoms with Crippen LogP contribution in [0.1, 0.15) is 16.3 Å². The molecule has 28 heavy (non-hydrogen) atoms. The number of hydrogen-bond acceptors (Lipinski definition) is 4. The van der Waals surface area contributed by atoms with Crippen LogP contribution in [0.25, 0.3) is 22.6 Å². The van der Waals surface area contributed by atoms with Gasteiger partial charge in [-0.25, -0.2) is 0 Å². The van der Waals surface area contributed by atoms with Crippen molar-refractivity contribution >= 4 is 27.5 Å². The molecule has 0 unspecified atom stereocenters. The van der Waals surface area contributed by atoms with E-state index in [4.69, 9.17) is 13.9 Å². The number of anilines is 1. The Morgan fingerprint density at radius 2 is 1.43 bits per heavy atom. The first-order chi connectivity index (χ1) is 13.6. The predicted molar refractivity (Wildman–Crippen MR) is 110 cm³/mol. The van der Waals surface area contributed by atoms with E-state index in [9.17, 15) is 4.79 Å². The maximum atomic E-state index is 12.5. The van der Waals surface area contributed by atoms with Crippen molar-refractivity contribution in [2.24, 2.45) is 0 Å². The Bertz CT molecular complexity index is 1090. The lowest BCUT2D eigenvalue weighted by Gasteiger charge is -2.04. The maximum Gasteiger partial charge on any atom is 0.291 e. The highest BCUT2D eigenvalue weighted by atomic mass is 79.9. The van der Waals surface area contributed by atoms with Crippen LogP contribution in [0, 0.1) is 0 Å². The van der Waals surface area contributed by atoms with Crippen molar-refractivity contribution in [3.8, 4) is 22.6 Å². The lowest BCUT2D eigenvalue weighted by atomic mass is 10.1. The van der Waals surface area contributed by atoms with Crippen molar-refractivity contribution in [3.63, 3.8) is 0 Å². The Morgan fingerprint density at radius 3 is 2.07 bits per heavy atom. The molecule has 140 valence electrons. The molecule has 0 saturated heterocycles. The highest BCUT2D eigenvalue weighted by Crippen LogP contribution is 2.26. The quantitative estimate of drug-likeness (QED) is 0.418. The second-order valence-electron chi connectivity index (χ2n) is 6.13. The Kier molecular flexibility index (Phi) is 5.14. The summed E-state index contributed by atoms with van der Waals surface area (Å²) in [6, 6.07) is 21.9. The van der Waals surface area contributed by atoms with Gasteiger partial charge in [-0.15, -0.1) is 0 Å². The van der Waals surface area contributed by atoms with Gasteiger partial charge in [-0.2, -0.15) is 0 Å². The molecule has 2 N–H and O–H groups in total. The van der Waals surface area contributed by atoms with Crippen LogP contribution in [0.3, 0.4) is 0 Å². The van der Waals surface area contributed by atoms with E-state index in [1.807, 2.05) is 36.4 Å². The summed E-state index contributed by atoms with van der Waals surface area (Å²) < 4.78 is 12.2. The molecule has 0 saturated carbocycles. The van der Waals surface area contributed by atoms with E-state index in [-0.39, 0.29) is 18.3 Å². The number of furan rings is 2. The molecule has 6 heteroatoms. The molecule has 0 aliphatic rings. The SMILES string of the molecule is O=C(Nc1ccc(-c2ccc(CO)o2)cc1)c1ccc(-c2ccc(Br)cc2)o1. The van der Waals surface area contributed by atoms with Gasteiger partial charge in [0, 0.05) is 21.3 Å². The van der Waals surface area contributed by atoms with Crippen LogP contribution in [0.5, 0.6) is 0 Å². The second-order valence-corrected chi connectivity index (χ2v) is 7.04. The Labute approximate surface area is 169 Å². The van der Waals surface area contributed by atoms with E-state index < -0.39 is 0 Å². The molecule has 0 spiro atoms. The Balaban J connectivity index is 1.45. The van der Waals surface area contributed by atoms with E-state index in [1.54, 1.807) is 36.4 Å². The van der Waals surface area contributed by atoms with Gasteiger partial charge in [-0.05, 0) is 60.7 Å². The minimum Gasteiger partial charge on any atom is -0.459 e. The van der Waals surface area contributed by atoms with Gasteiger partial charge in [0.1, 0.15) is 23.9 Å². The minimum absolute atomic E-state index is 0.139. The first kappa shape index (κ1) is 18.3. The third kappa shape index (κ3) is 3.93. The fourth-order valence-corrected chi connectivity index (χ4v) is 3.02. The summed E-state index contributed by atoms with van der Waals surface area (Å²) in [5, 5.41) is 11.9. The topological polar surface area (TPSA) is 75.6 Å². The molecular weight excluding hydrogens is 422 g/mol. The third-order valence-electron chi connectivity index (χ3n) is 4.20. The van der Waals surface area contributed by atoms with Crippen molar-refractivity contribution in [1.82, 2.24) is 0 Å². The van der Waals surface area contributed by atoms with E-state index in [0.29, 0.717) is 23.0 Å². The van der Waals surface area contributed by atoms with Gasteiger partial charge in [0.15, 0.2) is 5.76 Å². The van der Waals surface area contributed by atoms with Gasteiger partial charge >= 0.3 is 0 Å². The number of nitrogens with one attached hydrogen (secondary N) is 1. The van der Waals surface area contributed by atoms with Crippen molar-refractivity contribution < 1.29 is 18.7 Å². The van der Waals surface area contributed by atoms with E-state index in [2.05, 4.69) is 21.2 Å². The predicted octanol–water partition coefficient (Wildman–Crippen LogP) is 5.71. The van der Waals surface area contributed by atoms with E-state index in [1.165, 1.54) is 0 Å². The molecule has 2 aromatic heterocycles. The van der Waals surface area contributed by atoms with Crippen molar-refractivity contribution in [2.45, 2.75) is 6.61 Å². The molecule has 2 aromatic carbocycles. The van der Waals surface area contributed by atoms with Gasteiger partial charge in [-0.1, -0.05) is 28.1 Å². The molecule has 0 bridgehead atoms. The molecule has 0 radical (unpaired) electrons. The summed E-state index contributed by atoms with van der Waals surface area (Å²) in [6.07, 6.45) is 0. The summed E-state index contributed by atoms with van der Waals surface area (Å²) in [7, 11) is 0. The molecule has 0 fully saturated rings. The van der Waals surface area contributed by atoms with Gasteiger partial charge in [-0.3, -0.25) is 4.79 Å². The van der Waals surface area contributed by atoms with Crippen LogP contribution < -0.4 is 5.32 Å². The largest absolute Gasteiger partial charge is 0.459 e. The van der Waals surface area contributed by atoms with Crippen LogP contribution in [-0.4, -0.2) is 11.0 Å². The number of benzene rings is 2. The lowest BCUT2D eigenvalue weighted by molar-refractivity contribution is 0.0997. The molecule has 1 amide bonds. The molecule has 0 aliphatic heterocycles. The molecule has 0 atom stereocenters. The van der Waals surface area contributed by atoms with Gasteiger partial charge in [0.05, 0.1) is 0 Å². The fraction of sp³-hybridized carbons (Fsp3) is 0.0455. The Morgan fingerprint density at radius 1 is 0.821 bits per heavy atom. The lowest BCUT2D eigenvalue weighted by Crippen LogP contribution is -2.10. The van der Waals surface area contributed by atoms with Crippen LogP contribution in [0.15, 0.2) is 86.1 Å². The van der Waals surface area contributed by atoms with Crippen LogP contribution in [0.2, 0.25) is 0 Å². The first-order valence-electron chi connectivity index (χ1n) is 8.59. The number of rotatable bonds is 5. The monoisotopic (exact) mass is 437 g/mol. The molecular formula is C22H16BrNO4. The standard InChI is InChI=1S/C22H16BrNO4/c23-16-5-1-14(2-6-16)20-11-12-21(28-20)22(26)24-17-7-3-15(4-8-17)19-10-9-18(13-25)27-19/h1-12,25H,13H2,(H,24,26). The first-order valence-corrected chi connectivity index (χ1v) is 9.39. The minimum atomic E-state index is -0.323. The fourth-order valence-electron chi connectivity index (χ4n) is 2.76. The number of carbonyl (C=O) groups excluding carboxylic acids is 1. The normalized spacial score (nSPS) is 10.8. The molecule has 5 nitrogen and oxygen atoms in total. The van der Waals surface area contributed by atoms with Gasteiger partial charge in [0.2, 0.25) is 0 Å². The van der Waals surface area contributed by atoms with Crippen molar-refractivity contribution in [1.29, 1.82) is 0 Å². The number of aliphatic hydroxyl groups excluding tert-OH is 1. The van der Waals surface area contributed by atoms with Crippen molar-refractivity contribution in [2.75, 3.05) is 5.32 Å². The van der Waals surface area contributed by atoms with Gasteiger partial charge in [0.25, 0.3) is 5.91 Å². The zero-order valence-electron chi connectivity index (χ0n) is 14.7. The summed E-state index contributed by atoms with van der Waals surface area (Å²) in [4.78, 5) is 12.5. The highest BCUT2D eigenvalue weighted by molar-refractivity contribution is 9.10. The summed E-state index contributed by atoms with van der Waals surface area (Å²) in [5.74, 6) is 1.71. The number of halogens is 1. The zero-order valence-corrected chi connectivity index (χ0v) is 16.3. The second kappa shape index (κ2) is 7.88. The van der Waals surface area contributed by atoms with Crippen LogP contribution >= 0.6 is 15.9 Å². The molecule has 4 rings (SSSR count). The number of hydrogen-bond donors (Lipinski definition) is 2. The molecule has 0 aliphatic carbocycles. The van der Waals surface area contributed by atoms with Crippen molar-refractivity contribution in [3.05, 3.63) is 88.8 Å². The molecule has 4 aromatic rings. The number of amides is 1. The van der Waals surface area contributed by atoms with E-state index >= 15 is 0 Å². The Hall–Kier alpha value is -3.09. The van der Waals surface area contributed by atoms with E-state index in [0.717, 1.165) is 15.6 Å². The molecule has 2 heterocycles. The average molecular weight is 438 g/mol.